The van der Waals surface area contributed by atoms with E-state index in [1.165, 1.54) is 11.1 Å². The maximum Gasteiger partial charge on any atom is 0.119 e. The van der Waals surface area contributed by atoms with Gasteiger partial charge in [-0.25, -0.2) is 0 Å². The average Bonchev–Trinajstić information content (AvgIpc) is 2.73. The Balaban J connectivity index is 1.41. The molecule has 1 aliphatic heterocycles. The number of nitrogens with zero attached hydrogens (tertiary/aromatic N) is 2. The second-order valence-corrected chi connectivity index (χ2v) is 9.13. The molecular formula is C26H38N2O2. The first-order valence-corrected chi connectivity index (χ1v) is 11.3. The molecule has 0 saturated carbocycles. The van der Waals surface area contributed by atoms with Gasteiger partial charge in [0.2, 0.25) is 0 Å². The number of aryl methyl sites for hydroxylation is 1. The second-order valence-electron chi connectivity index (χ2n) is 9.13. The van der Waals surface area contributed by atoms with Crippen LogP contribution in [0.1, 0.15) is 44.2 Å². The van der Waals surface area contributed by atoms with Crippen LogP contribution in [0.5, 0.6) is 5.75 Å². The van der Waals surface area contributed by atoms with E-state index in [-0.39, 0.29) is 6.10 Å². The average molecular weight is 411 g/mol. The van der Waals surface area contributed by atoms with Crippen molar-refractivity contribution in [2.45, 2.75) is 58.2 Å². The van der Waals surface area contributed by atoms with Crippen LogP contribution < -0.4 is 9.64 Å². The van der Waals surface area contributed by atoms with E-state index in [0.717, 1.165) is 63.3 Å². The lowest BCUT2D eigenvalue weighted by atomic mass is 9.88. The van der Waals surface area contributed by atoms with Crippen molar-refractivity contribution < 1.29 is 9.84 Å². The highest BCUT2D eigenvalue weighted by Gasteiger charge is 2.32. The molecule has 0 radical (unpaired) electrons. The van der Waals surface area contributed by atoms with E-state index in [1.807, 2.05) is 26.0 Å². The number of aliphatic hydroxyl groups is 1. The number of likely N-dealkylation sites (tertiary alicyclic amines) is 1. The van der Waals surface area contributed by atoms with Crippen LogP contribution in [0, 0.1) is 6.92 Å². The minimum Gasteiger partial charge on any atom is -0.491 e. The number of ether oxygens (including phenoxy) is 1. The van der Waals surface area contributed by atoms with E-state index in [0.29, 0.717) is 0 Å². The lowest BCUT2D eigenvalue weighted by Gasteiger charge is -2.39. The fraction of sp³-hybridized carbons (Fsp3) is 0.538. The van der Waals surface area contributed by atoms with Crippen molar-refractivity contribution in [3.8, 4) is 5.75 Å². The van der Waals surface area contributed by atoms with Gasteiger partial charge in [0, 0.05) is 38.9 Å². The summed E-state index contributed by atoms with van der Waals surface area (Å²) in [7, 11) is 2.10. The monoisotopic (exact) mass is 410 g/mol. The zero-order chi connectivity index (χ0) is 21.6. The highest BCUT2D eigenvalue weighted by atomic mass is 16.5. The molecule has 0 spiro atoms. The van der Waals surface area contributed by atoms with Gasteiger partial charge < -0.3 is 19.6 Å². The highest BCUT2D eigenvalue weighted by molar-refractivity contribution is 5.48. The van der Waals surface area contributed by atoms with E-state index >= 15 is 0 Å². The minimum absolute atomic E-state index is 0.186. The van der Waals surface area contributed by atoms with E-state index in [4.69, 9.17) is 4.74 Å². The molecule has 0 atom stereocenters. The van der Waals surface area contributed by atoms with Crippen molar-refractivity contribution in [2.75, 3.05) is 38.1 Å². The minimum atomic E-state index is -0.546. The van der Waals surface area contributed by atoms with Crippen LogP contribution in [0.2, 0.25) is 0 Å². The quantitative estimate of drug-likeness (QED) is 0.651. The molecule has 1 aliphatic rings. The largest absolute Gasteiger partial charge is 0.491 e. The number of hydrogen-bond donors (Lipinski definition) is 1. The van der Waals surface area contributed by atoms with E-state index in [1.54, 1.807) is 0 Å². The molecular weight excluding hydrogens is 372 g/mol. The summed E-state index contributed by atoms with van der Waals surface area (Å²) >= 11 is 0. The third-order valence-electron chi connectivity index (χ3n) is 6.19. The van der Waals surface area contributed by atoms with Gasteiger partial charge in [-0.05, 0) is 76.3 Å². The van der Waals surface area contributed by atoms with Gasteiger partial charge in [-0.2, -0.15) is 0 Å². The van der Waals surface area contributed by atoms with E-state index in [9.17, 15) is 5.11 Å². The molecule has 2 aromatic rings. The first-order chi connectivity index (χ1) is 14.3. The van der Waals surface area contributed by atoms with Gasteiger partial charge in [-0.15, -0.1) is 0 Å². The summed E-state index contributed by atoms with van der Waals surface area (Å²) < 4.78 is 5.72. The fourth-order valence-corrected chi connectivity index (χ4v) is 4.04. The van der Waals surface area contributed by atoms with Crippen molar-refractivity contribution in [3.05, 3.63) is 59.7 Å². The van der Waals surface area contributed by atoms with Crippen molar-refractivity contribution >= 4 is 5.69 Å². The number of anilines is 1. The number of rotatable bonds is 9. The molecule has 1 fully saturated rings. The van der Waals surface area contributed by atoms with Crippen LogP contribution >= 0.6 is 0 Å². The maximum atomic E-state index is 11.1. The molecule has 30 heavy (non-hydrogen) atoms. The summed E-state index contributed by atoms with van der Waals surface area (Å²) in [6, 6.07) is 17.1. The van der Waals surface area contributed by atoms with Crippen molar-refractivity contribution in [1.29, 1.82) is 0 Å². The molecule has 1 heterocycles. The molecule has 1 N–H and O–H groups in total. The van der Waals surface area contributed by atoms with Crippen LogP contribution in [-0.4, -0.2) is 54.9 Å². The molecule has 0 amide bonds. The highest BCUT2D eigenvalue weighted by Crippen LogP contribution is 2.27. The molecule has 0 aliphatic carbocycles. The van der Waals surface area contributed by atoms with Gasteiger partial charge in [0.1, 0.15) is 5.75 Å². The Kier molecular flexibility index (Phi) is 7.79. The van der Waals surface area contributed by atoms with Crippen molar-refractivity contribution in [3.63, 3.8) is 0 Å². The molecule has 0 aromatic heterocycles. The summed E-state index contributed by atoms with van der Waals surface area (Å²) in [5, 5.41) is 11.1. The molecule has 3 rings (SSSR count). The lowest BCUT2D eigenvalue weighted by Crippen LogP contribution is -2.46. The Morgan fingerprint density at radius 3 is 2.27 bits per heavy atom. The van der Waals surface area contributed by atoms with Gasteiger partial charge in [0.05, 0.1) is 11.7 Å². The fourth-order valence-electron chi connectivity index (χ4n) is 4.04. The first-order valence-electron chi connectivity index (χ1n) is 11.3. The third kappa shape index (κ3) is 6.75. The molecule has 2 aromatic carbocycles. The van der Waals surface area contributed by atoms with Crippen LogP contribution in [-0.2, 0) is 6.42 Å². The van der Waals surface area contributed by atoms with E-state index < -0.39 is 5.60 Å². The topological polar surface area (TPSA) is 35.9 Å². The van der Waals surface area contributed by atoms with Gasteiger partial charge in [-0.1, -0.05) is 29.8 Å². The number of hydrogen-bond acceptors (Lipinski definition) is 4. The predicted octanol–water partition coefficient (Wildman–Crippen LogP) is 4.68. The molecule has 164 valence electrons. The smallest absolute Gasteiger partial charge is 0.119 e. The van der Waals surface area contributed by atoms with Gasteiger partial charge in [0.15, 0.2) is 0 Å². The first kappa shape index (κ1) is 22.6. The third-order valence-corrected chi connectivity index (χ3v) is 6.19. The Labute approximate surface area is 182 Å². The zero-order valence-electron chi connectivity index (χ0n) is 19.1. The second kappa shape index (κ2) is 10.3. The van der Waals surface area contributed by atoms with Crippen LogP contribution in [0.3, 0.4) is 0 Å². The van der Waals surface area contributed by atoms with Crippen LogP contribution in [0.25, 0.3) is 0 Å². The summed E-state index contributed by atoms with van der Waals surface area (Å²) in [6.07, 6.45) is 3.79. The van der Waals surface area contributed by atoms with Gasteiger partial charge >= 0.3 is 0 Å². The summed E-state index contributed by atoms with van der Waals surface area (Å²) in [5.41, 5.74) is 3.32. The predicted molar refractivity (Wildman–Crippen MR) is 126 cm³/mol. The maximum absolute atomic E-state index is 11.1. The van der Waals surface area contributed by atoms with E-state index in [2.05, 4.69) is 60.2 Å². The number of benzene rings is 2. The molecule has 1 saturated heterocycles. The summed E-state index contributed by atoms with van der Waals surface area (Å²) in [4.78, 5) is 4.71. The SMILES string of the molecule is Cc1ccc(CCN2CCC(O)(CCN(C)c3ccc(OC(C)C)cc3)CC2)cc1. The molecule has 4 nitrogen and oxygen atoms in total. The Hall–Kier alpha value is -2.04. The summed E-state index contributed by atoms with van der Waals surface area (Å²) in [5.74, 6) is 0.902. The lowest BCUT2D eigenvalue weighted by molar-refractivity contribution is -0.0254. The van der Waals surface area contributed by atoms with Crippen molar-refractivity contribution in [2.24, 2.45) is 0 Å². The molecule has 0 unspecified atom stereocenters. The van der Waals surface area contributed by atoms with Gasteiger partial charge in [-0.3, -0.25) is 0 Å². The zero-order valence-corrected chi connectivity index (χ0v) is 19.1. The Morgan fingerprint density at radius 2 is 1.67 bits per heavy atom. The molecule has 0 bridgehead atoms. The number of piperidine rings is 1. The molecule has 4 heteroatoms. The Bertz CT molecular complexity index is 763. The van der Waals surface area contributed by atoms with Gasteiger partial charge in [0.25, 0.3) is 0 Å². The summed E-state index contributed by atoms with van der Waals surface area (Å²) in [6.45, 7) is 10.1. The van der Waals surface area contributed by atoms with Crippen LogP contribution in [0.4, 0.5) is 5.69 Å². The van der Waals surface area contributed by atoms with Crippen LogP contribution in [0.15, 0.2) is 48.5 Å². The normalized spacial score (nSPS) is 16.6. The Morgan fingerprint density at radius 1 is 1.03 bits per heavy atom. The van der Waals surface area contributed by atoms with Crippen molar-refractivity contribution in [1.82, 2.24) is 4.90 Å². The standard InChI is InChI=1S/C26H38N2O2/c1-21(2)30-25-11-9-24(10-12-25)27(4)18-14-26(29)15-19-28(20-16-26)17-13-23-7-5-22(3)6-8-23/h5-12,21,29H,13-20H2,1-4H3.